The van der Waals surface area contributed by atoms with Crippen molar-refractivity contribution in [2.24, 2.45) is 0 Å². The first-order chi connectivity index (χ1) is 6.84. The normalized spacial score (nSPS) is 10.3. The molecule has 0 unspecified atom stereocenters. The van der Waals surface area contributed by atoms with E-state index in [4.69, 9.17) is 4.74 Å². The SMILES string of the molecule is C=CCCCOCc1ccccc1[SiH3]. The van der Waals surface area contributed by atoms with Crippen LogP contribution < -0.4 is 5.19 Å². The van der Waals surface area contributed by atoms with Gasteiger partial charge in [-0.25, -0.2) is 0 Å². The van der Waals surface area contributed by atoms with Crippen LogP contribution in [-0.4, -0.2) is 16.8 Å². The van der Waals surface area contributed by atoms with E-state index in [1.807, 2.05) is 6.08 Å². The van der Waals surface area contributed by atoms with Crippen molar-refractivity contribution >= 4 is 15.4 Å². The number of hydrogen-bond donors (Lipinski definition) is 0. The molecule has 2 heteroatoms. The number of rotatable bonds is 6. The van der Waals surface area contributed by atoms with Crippen LogP contribution in [-0.2, 0) is 11.3 Å². The Bertz CT molecular complexity index is 283. The topological polar surface area (TPSA) is 9.23 Å². The first-order valence-corrected chi connectivity index (χ1v) is 6.07. The van der Waals surface area contributed by atoms with Gasteiger partial charge in [0.25, 0.3) is 0 Å². The lowest BCUT2D eigenvalue weighted by molar-refractivity contribution is 0.119. The molecule has 0 aliphatic heterocycles. The molecule has 0 N–H and O–H groups in total. The molecule has 1 aromatic rings. The number of benzene rings is 1. The van der Waals surface area contributed by atoms with Crippen LogP contribution in [0.1, 0.15) is 18.4 Å². The largest absolute Gasteiger partial charge is 0.377 e. The van der Waals surface area contributed by atoms with E-state index in [-0.39, 0.29) is 0 Å². The van der Waals surface area contributed by atoms with Gasteiger partial charge in [0.15, 0.2) is 0 Å². The van der Waals surface area contributed by atoms with Crippen LogP contribution in [0.4, 0.5) is 0 Å². The van der Waals surface area contributed by atoms with E-state index in [2.05, 4.69) is 30.8 Å². The predicted octanol–water partition coefficient (Wildman–Crippen LogP) is 1.16. The van der Waals surface area contributed by atoms with Crippen molar-refractivity contribution in [1.82, 2.24) is 0 Å². The summed E-state index contributed by atoms with van der Waals surface area (Å²) in [6, 6.07) is 8.48. The van der Waals surface area contributed by atoms with Crippen molar-refractivity contribution in [2.75, 3.05) is 6.61 Å². The maximum atomic E-state index is 5.58. The molecule has 76 valence electrons. The molecule has 0 spiro atoms. The molecule has 1 rings (SSSR count). The molecule has 0 radical (unpaired) electrons. The van der Waals surface area contributed by atoms with E-state index in [1.165, 1.54) is 10.8 Å². The molecular formula is C12H18OSi. The van der Waals surface area contributed by atoms with E-state index < -0.39 is 0 Å². The third-order valence-electron chi connectivity index (χ3n) is 2.22. The lowest BCUT2D eigenvalue weighted by Gasteiger charge is -2.06. The minimum absolute atomic E-state index is 0.761. The second kappa shape index (κ2) is 6.57. The molecule has 0 saturated heterocycles. The van der Waals surface area contributed by atoms with Gasteiger partial charge in [0.1, 0.15) is 0 Å². The first kappa shape index (κ1) is 11.2. The molecule has 0 fully saturated rings. The van der Waals surface area contributed by atoms with Crippen molar-refractivity contribution in [3.8, 4) is 0 Å². The van der Waals surface area contributed by atoms with Gasteiger partial charge in [-0.3, -0.25) is 0 Å². The van der Waals surface area contributed by atoms with E-state index in [0.29, 0.717) is 0 Å². The molecule has 0 saturated carbocycles. The maximum Gasteiger partial charge on any atom is 0.0715 e. The standard InChI is InChI=1S/C12H18OSi/c1-2-3-6-9-13-10-11-7-4-5-8-12(11)14/h2,4-5,7-8H,1,3,6,9-10H2,14H3. The zero-order valence-electron chi connectivity index (χ0n) is 8.83. The van der Waals surface area contributed by atoms with Crippen LogP contribution in [0.15, 0.2) is 36.9 Å². The zero-order chi connectivity index (χ0) is 10.2. The van der Waals surface area contributed by atoms with Crippen LogP contribution in [0, 0.1) is 0 Å². The first-order valence-electron chi connectivity index (χ1n) is 5.07. The summed E-state index contributed by atoms with van der Waals surface area (Å²) in [4.78, 5) is 0. The van der Waals surface area contributed by atoms with Gasteiger partial charge >= 0.3 is 0 Å². The van der Waals surface area contributed by atoms with Crippen LogP contribution >= 0.6 is 0 Å². The summed E-state index contributed by atoms with van der Waals surface area (Å²) in [5, 5.41) is 1.44. The summed E-state index contributed by atoms with van der Waals surface area (Å²) >= 11 is 0. The van der Waals surface area contributed by atoms with Crippen LogP contribution in [0.2, 0.25) is 0 Å². The van der Waals surface area contributed by atoms with Gasteiger partial charge in [0.2, 0.25) is 0 Å². The summed E-state index contributed by atoms with van der Waals surface area (Å²) in [7, 11) is 1.10. The molecule has 0 bridgehead atoms. The highest BCUT2D eigenvalue weighted by molar-refractivity contribution is 6.33. The smallest absolute Gasteiger partial charge is 0.0715 e. The Morgan fingerprint density at radius 1 is 1.36 bits per heavy atom. The fourth-order valence-corrected chi connectivity index (χ4v) is 1.79. The van der Waals surface area contributed by atoms with Crippen molar-refractivity contribution in [1.29, 1.82) is 0 Å². The van der Waals surface area contributed by atoms with Gasteiger partial charge in [-0.1, -0.05) is 35.5 Å². The van der Waals surface area contributed by atoms with E-state index in [9.17, 15) is 0 Å². The highest BCUT2D eigenvalue weighted by Gasteiger charge is 1.95. The molecule has 0 aliphatic carbocycles. The van der Waals surface area contributed by atoms with Gasteiger partial charge in [-0.15, -0.1) is 6.58 Å². The Kier molecular flexibility index (Phi) is 5.26. The third-order valence-corrected chi connectivity index (χ3v) is 3.19. The molecule has 14 heavy (non-hydrogen) atoms. The van der Waals surface area contributed by atoms with Crippen molar-refractivity contribution in [2.45, 2.75) is 19.4 Å². The number of unbranched alkanes of at least 4 members (excludes halogenated alkanes) is 1. The highest BCUT2D eigenvalue weighted by Crippen LogP contribution is 1.99. The molecule has 1 aromatic carbocycles. The Labute approximate surface area is 89.2 Å². The Morgan fingerprint density at radius 2 is 2.14 bits per heavy atom. The van der Waals surface area contributed by atoms with Crippen molar-refractivity contribution in [3.05, 3.63) is 42.5 Å². The number of ether oxygens (including phenoxy) is 1. The lowest BCUT2D eigenvalue weighted by atomic mass is 10.2. The summed E-state index contributed by atoms with van der Waals surface area (Å²) in [5.74, 6) is 0. The molecule has 0 aromatic heterocycles. The third kappa shape index (κ3) is 3.90. The molecule has 0 atom stereocenters. The monoisotopic (exact) mass is 206 g/mol. The fraction of sp³-hybridized carbons (Fsp3) is 0.333. The Morgan fingerprint density at radius 3 is 2.86 bits per heavy atom. The summed E-state index contributed by atoms with van der Waals surface area (Å²) in [6.07, 6.45) is 4.05. The fourth-order valence-electron chi connectivity index (χ4n) is 1.28. The Hall–Kier alpha value is -0.863. The molecule has 1 nitrogen and oxygen atoms in total. The van der Waals surface area contributed by atoms with E-state index in [1.54, 1.807) is 0 Å². The second-order valence-corrected chi connectivity index (χ2v) is 4.49. The minimum atomic E-state index is 0.761. The van der Waals surface area contributed by atoms with Crippen LogP contribution in [0.5, 0.6) is 0 Å². The van der Waals surface area contributed by atoms with Gasteiger partial charge < -0.3 is 4.74 Å². The lowest BCUT2D eigenvalue weighted by Crippen LogP contribution is -2.11. The maximum absolute atomic E-state index is 5.58. The molecular weight excluding hydrogens is 188 g/mol. The van der Waals surface area contributed by atoms with Crippen LogP contribution in [0.25, 0.3) is 0 Å². The summed E-state index contributed by atoms with van der Waals surface area (Å²) < 4.78 is 5.58. The van der Waals surface area contributed by atoms with Gasteiger partial charge in [0.05, 0.1) is 6.61 Å². The van der Waals surface area contributed by atoms with Crippen molar-refractivity contribution in [3.63, 3.8) is 0 Å². The highest BCUT2D eigenvalue weighted by atomic mass is 28.1. The number of hydrogen-bond acceptors (Lipinski definition) is 1. The molecule has 0 heterocycles. The van der Waals surface area contributed by atoms with E-state index >= 15 is 0 Å². The quantitative estimate of drug-likeness (QED) is 0.385. The predicted molar refractivity (Wildman–Crippen MR) is 65.1 cm³/mol. The average Bonchev–Trinajstić information content (AvgIpc) is 2.20. The van der Waals surface area contributed by atoms with Crippen LogP contribution in [0.3, 0.4) is 0 Å². The molecule has 0 aliphatic rings. The average molecular weight is 206 g/mol. The number of allylic oxidation sites excluding steroid dienone is 1. The van der Waals surface area contributed by atoms with Gasteiger partial charge in [0, 0.05) is 16.8 Å². The molecule has 0 amide bonds. The summed E-state index contributed by atoms with van der Waals surface area (Å²) in [5.41, 5.74) is 1.35. The minimum Gasteiger partial charge on any atom is -0.377 e. The zero-order valence-corrected chi connectivity index (χ0v) is 10.8. The second-order valence-electron chi connectivity index (χ2n) is 3.41. The van der Waals surface area contributed by atoms with E-state index in [0.717, 1.165) is 36.3 Å². The van der Waals surface area contributed by atoms with Gasteiger partial charge in [-0.2, -0.15) is 0 Å². The van der Waals surface area contributed by atoms with Crippen molar-refractivity contribution < 1.29 is 4.74 Å². The van der Waals surface area contributed by atoms with Gasteiger partial charge in [-0.05, 0) is 18.4 Å². The Balaban J connectivity index is 2.24. The summed E-state index contributed by atoms with van der Waals surface area (Å²) in [6.45, 7) is 5.28.